The highest BCUT2D eigenvalue weighted by molar-refractivity contribution is 9.10. The lowest BCUT2D eigenvalue weighted by Crippen LogP contribution is -1.86. The topological polar surface area (TPSA) is 20.2 Å². The summed E-state index contributed by atoms with van der Waals surface area (Å²) in [7, 11) is 0. The first kappa shape index (κ1) is 7.32. The van der Waals surface area contributed by atoms with Crippen molar-refractivity contribution in [3.63, 3.8) is 0 Å². The molecule has 1 aliphatic carbocycles. The molecular formula is C9H9BrO. The molecule has 0 radical (unpaired) electrons. The average molecular weight is 213 g/mol. The van der Waals surface area contributed by atoms with Crippen LogP contribution in [0.3, 0.4) is 0 Å². The predicted molar refractivity (Wildman–Crippen MR) is 47.5 cm³/mol. The van der Waals surface area contributed by atoms with Crippen molar-refractivity contribution in [1.29, 1.82) is 0 Å². The summed E-state index contributed by atoms with van der Waals surface area (Å²) < 4.78 is 1.11. The molecule has 1 N–H and O–H groups in total. The number of aliphatic hydroxyl groups is 1. The van der Waals surface area contributed by atoms with Gasteiger partial charge >= 0.3 is 0 Å². The highest BCUT2D eigenvalue weighted by Gasteiger charge is 2.37. The fourth-order valence-electron chi connectivity index (χ4n) is 1.29. The maximum atomic E-state index is 9.18. The molecular weight excluding hydrogens is 204 g/mol. The summed E-state index contributed by atoms with van der Waals surface area (Å²) in [5.41, 5.74) is 1.24. The number of halogens is 1. The van der Waals surface area contributed by atoms with Crippen molar-refractivity contribution in [2.24, 2.45) is 0 Å². The molecule has 0 heterocycles. The van der Waals surface area contributed by atoms with Crippen molar-refractivity contribution in [1.82, 2.24) is 0 Å². The van der Waals surface area contributed by atoms with Gasteiger partial charge in [0, 0.05) is 10.4 Å². The van der Waals surface area contributed by atoms with Gasteiger partial charge in [-0.1, -0.05) is 34.1 Å². The van der Waals surface area contributed by atoms with Gasteiger partial charge in [-0.15, -0.1) is 0 Å². The van der Waals surface area contributed by atoms with Gasteiger partial charge < -0.3 is 5.11 Å². The first-order valence-electron chi connectivity index (χ1n) is 3.71. The smallest absolute Gasteiger partial charge is 0.0616 e. The van der Waals surface area contributed by atoms with Crippen molar-refractivity contribution in [3.05, 3.63) is 34.3 Å². The molecule has 11 heavy (non-hydrogen) atoms. The van der Waals surface area contributed by atoms with Crippen molar-refractivity contribution in [2.45, 2.75) is 18.4 Å². The zero-order valence-electron chi connectivity index (χ0n) is 6.00. The summed E-state index contributed by atoms with van der Waals surface area (Å²) in [6.07, 6.45) is 0.816. The Hall–Kier alpha value is -0.340. The van der Waals surface area contributed by atoms with Gasteiger partial charge in [-0.2, -0.15) is 0 Å². The first-order valence-corrected chi connectivity index (χ1v) is 4.51. The van der Waals surface area contributed by atoms with E-state index in [2.05, 4.69) is 22.0 Å². The highest BCUT2D eigenvalue weighted by atomic mass is 79.9. The minimum Gasteiger partial charge on any atom is -0.392 e. The van der Waals surface area contributed by atoms with Crippen LogP contribution in [0.4, 0.5) is 0 Å². The third-order valence-corrected chi connectivity index (χ3v) is 2.78. The van der Waals surface area contributed by atoms with Gasteiger partial charge in [0.1, 0.15) is 0 Å². The standard InChI is InChI=1S/C9H9BrO/c10-8-4-2-1-3-6(8)7-5-9(7)11/h1-4,7,9,11H,5H2. The molecule has 2 rings (SSSR count). The molecule has 0 aromatic heterocycles. The van der Waals surface area contributed by atoms with Crippen molar-refractivity contribution < 1.29 is 5.11 Å². The SMILES string of the molecule is OC1CC1c1ccccc1Br. The van der Waals surface area contributed by atoms with Crippen LogP contribution < -0.4 is 0 Å². The Morgan fingerprint density at radius 3 is 2.55 bits per heavy atom. The van der Waals surface area contributed by atoms with Crippen molar-refractivity contribution in [3.8, 4) is 0 Å². The van der Waals surface area contributed by atoms with Crippen molar-refractivity contribution in [2.75, 3.05) is 0 Å². The lowest BCUT2D eigenvalue weighted by Gasteiger charge is -1.99. The van der Waals surface area contributed by atoms with Crippen molar-refractivity contribution >= 4 is 15.9 Å². The van der Waals surface area contributed by atoms with Crippen LogP contribution in [0.25, 0.3) is 0 Å². The maximum Gasteiger partial charge on any atom is 0.0616 e. The van der Waals surface area contributed by atoms with E-state index in [0.717, 1.165) is 10.9 Å². The van der Waals surface area contributed by atoms with Gasteiger partial charge in [0.2, 0.25) is 0 Å². The molecule has 1 saturated carbocycles. The number of hydrogen-bond donors (Lipinski definition) is 1. The van der Waals surface area contributed by atoms with E-state index < -0.39 is 0 Å². The van der Waals surface area contributed by atoms with E-state index in [1.165, 1.54) is 5.56 Å². The number of aliphatic hydroxyl groups excluding tert-OH is 1. The van der Waals surface area contributed by atoms with Gasteiger partial charge in [-0.05, 0) is 18.1 Å². The van der Waals surface area contributed by atoms with Crippen LogP contribution in [0.2, 0.25) is 0 Å². The van der Waals surface area contributed by atoms with E-state index in [9.17, 15) is 5.11 Å². The number of benzene rings is 1. The fraction of sp³-hybridized carbons (Fsp3) is 0.333. The second-order valence-corrected chi connectivity index (χ2v) is 3.79. The Morgan fingerprint density at radius 1 is 1.36 bits per heavy atom. The first-order chi connectivity index (χ1) is 5.29. The van der Waals surface area contributed by atoms with Gasteiger partial charge in [0.05, 0.1) is 6.10 Å². The van der Waals surface area contributed by atoms with Crippen LogP contribution in [-0.2, 0) is 0 Å². The average Bonchev–Trinajstić information content (AvgIpc) is 2.68. The molecule has 1 aromatic carbocycles. The van der Waals surface area contributed by atoms with E-state index in [1.54, 1.807) is 0 Å². The number of hydrogen-bond acceptors (Lipinski definition) is 1. The Labute approximate surface area is 74.2 Å². The van der Waals surface area contributed by atoms with Crippen LogP contribution in [-0.4, -0.2) is 11.2 Å². The second kappa shape index (κ2) is 2.61. The van der Waals surface area contributed by atoms with Gasteiger partial charge in [-0.3, -0.25) is 0 Å². The Bertz CT molecular complexity index is 272. The summed E-state index contributed by atoms with van der Waals surface area (Å²) >= 11 is 3.45. The number of rotatable bonds is 1. The minimum atomic E-state index is -0.103. The Balaban J connectivity index is 2.31. The molecule has 1 nitrogen and oxygen atoms in total. The van der Waals surface area contributed by atoms with E-state index in [1.807, 2.05) is 18.2 Å². The third kappa shape index (κ3) is 1.33. The molecule has 0 amide bonds. The molecule has 0 saturated heterocycles. The molecule has 1 aromatic rings. The summed E-state index contributed by atoms with van der Waals surface area (Å²) in [6, 6.07) is 8.07. The molecule has 2 unspecified atom stereocenters. The summed E-state index contributed by atoms with van der Waals surface area (Å²) in [6.45, 7) is 0. The molecule has 1 fully saturated rings. The Kier molecular flexibility index (Phi) is 1.74. The van der Waals surface area contributed by atoms with E-state index in [-0.39, 0.29) is 6.10 Å². The van der Waals surface area contributed by atoms with Crippen LogP contribution in [0, 0.1) is 0 Å². The zero-order valence-corrected chi connectivity index (χ0v) is 7.58. The Morgan fingerprint density at radius 2 is 2.00 bits per heavy atom. The zero-order chi connectivity index (χ0) is 7.84. The molecule has 2 heteroatoms. The van der Waals surface area contributed by atoms with Gasteiger partial charge in [0.25, 0.3) is 0 Å². The summed E-state index contributed by atoms with van der Waals surface area (Å²) in [4.78, 5) is 0. The van der Waals surface area contributed by atoms with E-state index >= 15 is 0 Å². The molecule has 2 atom stereocenters. The third-order valence-electron chi connectivity index (χ3n) is 2.06. The van der Waals surface area contributed by atoms with Crippen LogP contribution in [0.15, 0.2) is 28.7 Å². The second-order valence-electron chi connectivity index (χ2n) is 2.93. The fourth-order valence-corrected chi connectivity index (χ4v) is 1.87. The largest absolute Gasteiger partial charge is 0.392 e. The summed E-state index contributed by atoms with van der Waals surface area (Å²) in [5.74, 6) is 0.380. The monoisotopic (exact) mass is 212 g/mol. The lowest BCUT2D eigenvalue weighted by molar-refractivity contribution is 0.271. The predicted octanol–water partition coefficient (Wildman–Crippen LogP) is 2.30. The normalized spacial score (nSPS) is 28.5. The quantitative estimate of drug-likeness (QED) is 0.758. The highest BCUT2D eigenvalue weighted by Crippen LogP contribution is 2.43. The van der Waals surface area contributed by atoms with Gasteiger partial charge in [-0.25, -0.2) is 0 Å². The molecule has 0 bridgehead atoms. The van der Waals surface area contributed by atoms with Crippen LogP contribution in [0.1, 0.15) is 17.9 Å². The molecule has 0 aliphatic heterocycles. The maximum absolute atomic E-state index is 9.18. The van der Waals surface area contributed by atoms with Crippen LogP contribution >= 0.6 is 15.9 Å². The van der Waals surface area contributed by atoms with Crippen LogP contribution in [0.5, 0.6) is 0 Å². The van der Waals surface area contributed by atoms with Gasteiger partial charge in [0.15, 0.2) is 0 Å². The molecule has 1 aliphatic rings. The van der Waals surface area contributed by atoms with E-state index in [0.29, 0.717) is 5.92 Å². The minimum absolute atomic E-state index is 0.103. The van der Waals surface area contributed by atoms with E-state index in [4.69, 9.17) is 0 Å². The lowest BCUT2D eigenvalue weighted by atomic mass is 10.1. The molecule has 58 valence electrons. The summed E-state index contributed by atoms with van der Waals surface area (Å²) in [5, 5.41) is 9.18. The molecule has 0 spiro atoms.